The summed E-state index contributed by atoms with van der Waals surface area (Å²) in [5.74, 6) is 0.594. The van der Waals surface area contributed by atoms with Gasteiger partial charge in [0.15, 0.2) is 0 Å². The van der Waals surface area contributed by atoms with E-state index < -0.39 is 10.0 Å². The lowest BCUT2D eigenvalue weighted by Crippen LogP contribution is -2.43. The van der Waals surface area contributed by atoms with Gasteiger partial charge in [-0.25, -0.2) is 8.42 Å². The molecule has 1 saturated heterocycles. The molecule has 1 aliphatic rings. The molecule has 0 aliphatic carbocycles. The minimum atomic E-state index is -3.42. The molecule has 1 amide bonds. The highest BCUT2D eigenvalue weighted by Crippen LogP contribution is 2.26. The van der Waals surface area contributed by atoms with Crippen LogP contribution in [0.4, 0.5) is 0 Å². The molecule has 0 spiro atoms. The lowest BCUT2D eigenvalue weighted by molar-refractivity contribution is -0.126. The summed E-state index contributed by atoms with van der Waals surface area (Å²) in [5, 5.41) is 4.64. The van der Waals surface area contributed by atoms with Crippen molar-refractivity contribution in [2.75, 3.05) is 26.2 Å². The van der Waals surface area contributed by atoms with Crippen LogP contribution < -0.4 is 10.1 Å². The number of hydrogen-bond acceptors (Lipinski definition) is 5. The SMILES string of the molecule is Cc1ccc(OCCNC(=O)C2CCN(S(=O)(=O)c3cccs3)CC2)cc1. The van der Waals surface area contributed by atoms with Crippen molar-refractivity contribution in [2.45, 2.75) is 24.0 Å². The van der Waals surface area contributed by atoms with E-state index in [2.05, 4.69) is 5.32 Å². The van der Waals surface area contributed by atoms with E-state index in [1.807, 2.05) is 31.2 Å². The quantitative estimate of drug-likeness (QED) is 0.715. The largest absolute Gasteiger partial charge is 0.492 e. The van der Waals surface area contributed by atoms with Crippen molar-refractivity contribution in [3.8, 4) is 5.75 Å². The van der Waals surface area contributed by atoms with Crippen LogP contribution in [0.5, 0.6) is 5.75 Å². The molecule has 0 unspecified atom stereocenters. The second-order valence-electron chi connectivity index (χ2n) is 6.56. The van der Waals surface area contributed by atoms with Crippen molar-refractivity contribution in [3.05, 3.63) is 47.3 Å². The number of rotatable bonds is 7. The Morgan fingerprint density at radius 1 is 1.22 bits per heavy atom. The van der Waals surface area contributed by atoms with Crippen LogP contribution in [0.15, 0.2) is 46.0 Å². The number of amides is 1. The molecule has 1 aromatic heterocycles. The number of hydrogen-bond donors (Lipinski definition) is 1. The lowest BCUT2D eigenvalue weighted by atomic mass is 9.97. The molecule has 0 radical (unpaired) electrons. The molecule has 2 heterocycles. The Morgan fingerprint density at radius 3 is 2.56 bits per heavy atom. The number of benzene rings is 1. The van der Waals surface area contributed by atoms with E-state index in [1.165, 1.54) is 21.2 Å². The van der Waals surface area contributed by atoms with Gasteiger partial charge in [0, 0.05) is 19.0 Å². The Bertz CT molecular complexity index is 840. The number of carbonyl (C=O) groups is 1. The zero-order chi connectivity index (χ0) is 19.3. The molecule has 27 heavy (non-hydrogen) atoms. The first-order valence-corrected chi connectivity index (χ1v) is 11.3. The fourth-order valence-electron chi connectivity index (χ4n) is 3.02. The summed E-state index contributed by atoms with van der Waals surface area (Å²) >= 11 is 1.22. The van der Waals surface area contributed by atoms with E-state index in [4.69, 9.17) is 4.74 Å². The highest BCUT2D eigenvalue weighted by atomic mass is 32.2. The summed E-state index contributed by atoms with van der Waals surface area (Å²) in [7, 11) is -3.42. The van der Waals surface area contributed by atoms with Gasteiger partial charge in [0.2, 0.25) is 5.91 Å². The van der Waals surface area contributed by atoms with Gasteiger partial charge in [-0.15, -0.1) is 11.3 Å². The lowest BCUT2D eigenvalue weighted by Gasteiger charge is -2.30. The minimum absolute atomic E-state index is 0.0318. The first kappa shape index (κ1) is 19.9. The molecule has 3 rings (SSSR count). The average Bonchev–Trinajstić information content (AvgIpc) is 3.22. The molecule has 1 N–H and O–H groups in total. The maximum atomic E-state index is 12.5. The van der Waals surface area contributed by atoms with Crippen LogP contribution in [-0.2, 0) is 14.8 Å². The number of ether oxygens (including phenoxy) is 1. The van der Waals surface area contributed by atoms with Gasteiger partial charge in [-0.05, 0) is 43.3 Å². The molecule has 8 heteroatoms. The summed E-state index contributed by atoms with van der Waals surface area (Å²) in [6.45, 7) is 3.60. The van der Waals surface area contributed by atoms with E-state index in [-0.39, 0.29) is 11.8 Å². The molecule has 1 fully saturated rings. The van der Waals surface area contributed by atoms with Crippen molar-refractivity contribution >= 4 is 27.3 Å². The van der Waals surface area contributed by atoms with Gasteiger partial charge in [-0.2, -0.15) is 4.31 Å². The summed E-state index contributed by atoms with van der Waals surface area (Å²) in [4.78, 5) is 12.3. The Kier molecular flexibility index (Phi) is 6.51. The van der Waals surface area contributed by atoms with Crippen LogP contribution in [0.1, 0.15) is 18.4 Å². The molecule has 6 nitrogen and oxygen atoms in total. The standard InChI is InChI=1S/C19H24N2O4S2/c1-15-4-6-17(7-5-15)25-13-10-20-19(22)16-8-11-21(12-9-16)27(23,24)18-3-2-14-26-18/h2-7,14,16H,8-13H2,1H3,(H,20,22). The average molecular weight is 409 g/mol. The summed E-state index contributed by atoms with van der Waals surface area (Å²) in [5.41, 5.74) is 1.17. The fraction of sp³-hybridized carbons (Fsp3) is 0.421. The number of aryl methyl sites for hydroxylation is 1. The Labute approximate surface area is 164 Å². The third kappa shape index (κ3) is 5.09. The first-order chi connectivity index (χ1) is 13.0. The normalized spacial score (nSPS) is 16.2. The molecule has 1 aliphatic heterocycles. The van der Waals surface area contributed by atoms with Gasteiger partial charge in [0.05, 0.1) is 6.54 Å². The van der Waals surface area contributed by atoms with Crippen molar-refractivity contribution in [1.29, 1.82) is 0 Å². The molecule has 2 aromatic rings. The maximum absolute atomic E-state index is 12.5. The summed E-state index contributed by atoms with van der Waals surface area (Å²) in [6, 6.07) is 11.1. The highest BCUT2D eigenvalue weighted by Gasteiger charge is 2.32. The summed E-state index contributed by atoms with van der Waals surface area (Å²) < 4.78 is 32.5. The second-order valence-corrected chi connectivity index (χ2v) is 9.68. The number of carbonyl (C=O) groups excluding carboxylic acids is 1. The number of piperidine rings is 1. The summed E-state index contributed by atoms with van der Waals surface area (Å²) in [6.07, 6.45) is 1.07. The van der Waals surface area contributed by atoms with Crippen LogP contribution >= 0.6 is 11.3 Å². The smallest absolute Gasteiger partial charge is 0.252 e. The zero-order valence-corrected chi connectivity index (χ0v) is 16.9. The molecule has 146 valence electrons. The molecule has 1 aromatic carbocycles. The topological polar surface area (TPSA) is 75.7 Å². The minimum Gasteiger partial charge on any atom is -0.492 e. The first-order valence-electron chi connectivity index (χ1n) is 8.97. The van der Waals surface area contributed by atoms with Crippen LogP contribution in [0.25, 0.3) is 0 Å². The number of nitrogens with one attached hydrogen (secondary N) is 1. The zero-order valence-electron chi connectivity index (χ0n) is 15.3. The Balaban J connectivity index is 1.40. The monoisotopic (exact) mass is 408 g/mol. The van der Waals surface area contributed by atoms with Gasteiger partial charge in [0.25, 0.3) is 10.0 Å². The number of sulfonamides is 1. The van der Waals surface area contributed by atoms with Crippen LogP contribution in [-0.4, -0.2) is 44.9 Å². The van der Waals surface area contributed by atoms with Crippen LogP contribution in [0.3, 0.4) is 0 Å². The van der Waals surface area contributed by atoms with E-state index in [1.54, 1.807) is 17.5 Å². The van der Waals surface area contributed by atoms with E-state index in [0.717, 1.165) is 5.75 Å². The van der Waals surface area contributed by atoms with Crippen molar-refractivity contribution in [2.24, 2.45) is 5.92 Å². The van der Waals surface area contributed by atoms with Gasteiger partial charge >= 0.3 is 0 Å². The molecular weight excluding hydrogens is 384 g/mol. The van der Waals surface area contributed by atoms with Crippen LogP contribution in [0, 0.1) is 12.8 Å². The third-order valence-electron chi connectivity index (χ3n) is 4.60. The van der Waals surface area contributed by atoms with E-state index in [0.29, 0.717) is 43.3 Å². The van der Waals surface area contributed by atoms with Gasteiger partial charge in [0.1, 0.15) is 16.6 Å². The Hall–Kier alpha value is -1.90. The van der Waals surface area contributed by atoms with Crippen molar-refractivity contribution in [3.63, 3.8) is 0 Å². The van der Waals surface area contributed by atoms with Crippen LogP contribution in [0.2, 0.25) is 0 Å². The van der Waals surface area contributed by atoms with Gasteiger partial charge in [-0.3, -0.25) is 4.79 Å². The van der Waals surface area contributed by atoms with Gasteiger partial charge < -0.3 is 10.1 Å². The number of thiophene rings is 1. The third-order valence-corrected chi connectivity index (χ3v) is 7.88. The highest BCUT2D eigenvalue weighted by molar-refractivity contribution is 7.91. The van der Waals surface area contributed by atoms with Gasteiger partial charge in [-0.1, -0.05) is 23.8 Å². The fourth-order valence-corrected chi connectivity index (χ4v) is 5.63. The maximum Gasteiger partial charge on any atom is 0.252 e. The Morgan fingerprint density at radius 2 is 1.93 bits per heavy atom. The molecule has 0 bridgehead atoms. The van der Waals surface area contributed by atoms with E-state index in [9.17, 15) is 13.2 Å². The van der Waals surface area contributed by atoms with Crippen molar-refractivity contribution in [1.82, 2.24) is 9.62 Å². The predicted molar refractivity (Wildman–Crippen MR) is 105 cm³/mol. The second kappa shape index (κ2) is 8.86. The number of nitrogens with zero attached hydrogens (tertiary/aromatic N) is 1. The van der Waals surface area contributed by atoms with E-state index >= 15 is 0 Å². The predicted octanol–water partition coefficient (Wildman–Crippen LogP) is 2.65. The molecule has 0 atom stereocenters. The molecule has 0 saturated carbocycles. The van der Waals surface area contributed by atoms with Crippen molar-refractivity contribution < 1.29 is 17.9 Å². The molecular formula is C19H24N2O4S2.